The Labute approximate surface area is 186 Å². The van der Waals surface area contributed by atoms with Gasteiger partial charge in [0.25, 0.3) is 0 Å². The summed E-state index contributed by atoms with van der Waals surface area (Å²) in [5, 5.41) is 22.7. The quantitative estimate of drug-likeness (QED) is 0.157. The van der Waals surface area contributed by atoms with E-state index in [1.807, 2.05) is 42.5 Å². The van der Waals surface area contributed by atoms with Crippen molar-refractivity contribution in [2.45, 2.75) is 0 Å². The summed E-state index contributed by atoms with van der Waals surface area (Å²) < 4.78 is 0. The van der Waals surface area contributed by atoms with E-state index in [0.29, 0.717) is 17.1 Å². The molecule has 0 bridgehead atoms. The van der Waals surface area contributed by atoms with Gasteiger partial charge in [-0.1, -0.05) is 42.5 Å². The molecule has 149 valence electrons. The van der Waals surface area contributed by atoms with Crippen molar-refractivity contribution in [2.75, 3.05) is 19.8 Å². The zero-order valence-electron chi connectivity index (χ0n) is 15.2. The Balaban J connectivity index is 0.00000392. The monoisotopic (exact) mass is 460 g/mol. The van der Waals surface area contributed by atoms with Crippen molar-refractivity contribution in [1.29, 1.82) is 0 Å². The van der Waals surface area contributed by atoms with E-state index in [9.17, 15) is 0 Å². The summed E-state index contributed by atoms with van der Waals surface area (Å²) in [5.41, 5.74) is 9.00. The average molecular weight is 461 g/mol. The molecule has 0 aromatic heterocycles. The van der Waals surface area contributed by atoms with Crippen LogP contribution in [-0.2, 0) is 42.3 Å². The van der Waals surface area contributed by atoms with E-state index in [-0.39, 0.29) is 27.4 Å². The molecule has 0 aliphatic rings. The molecule has 2 aromatic carbocycles. The van der Waals surface area contributed by atoms with Gasteiger partial charge in [-0.2, -0.15) is 10.2 Å². The van der Waals surface area contributed by atoms with E-state index in [1.54, 1.807) is 26.2 Å². The molecule has 0 amide bonds. The van der Waals surface area contributed by atoms with Gasteiger partial charge in [0, 0.05) is 30.9 Å². The molecule has 2 aromatic rings. The second kappa shape index (κ2) is 12.0. The first kappa shape index (κ1) is 23.5. The van der Waals surface area contributed by atoms with E-state index in [4.69, 9.17) is 31.0 Å². The van der Waals surface area contributed by atoms with Crippen LogP contribution in [0.1, 0.15) is 11.1 Å². The topological polar surface area (TPSA) is 99.5 Å². The number of nitrogens with two attached hydrogens (primary N) is 1. The summed E-state index contributed by atoms with van der Waals surface area (Å²) in [6.07, 6.45) is 0. The van der Waals surface area contributed by atoms with Crippen molar-refractivity contribution in [3.63, 3.8) is 0 Å². The Bertz CT molecular complexity index is 879. The molecule has 0 unspecified atom stereocenters. The van der Waals surface area contributed by atoms with Crippen LogP contribution in [0.3, 0.4) is 0 Å². The van der Waals surface area contributed by atoms with Gasteiger partial charge in [-0.3, -0.25) is 0 Å². The number of nitrogens with zero attached hydrogens (tertiary/aromatic N) is 4. The van der Waals surface area contributed by atoms with Gasteiger partial charge in [-0.25, -0.2) is 0 Å². The fourth-order valence-electron chi connectivity index (χ4n) is 2.01. The van der Waals surface area contributed by atoms with E-state index in [1.165, 1.54) is 0 Å². The molecule has 0 fully saturated rings. The van der Waals surface area contributed by atoms with Crippen molar-refractivity contribution in [3.8, 4) is 0 Å². The largest absolute Gasteiger partial charge is 2.00 e. The molecule has 28 heavy (non-hydrogen) atoms. The SMILES string of the molecule is CN/C([S-])=N/N=C(/C(=N/N=C(\[S-])NC)c1ccc(N)cc1)c1ccccc1.[Cu+2]. The number of hydrogen-bond acceptors (Lipinski definition) is 7. The minimum atomic E-state index is 0. The van der Waals surface area contributed by atoms with Gasteiger partial charge < -0.3 is 41.6 Å². The van der Waals surface area contributed by atoms with Gasteiger partial charge >= 0.3 is 17.1 Å². The molecule has 4 N–H and O–H groups in total. The summed E-state index contributed by atoms with van der Waals surface area (Å²) >= 11 is 10.1. The number of nitrogen functional groups attached to an aromatic ring is 1. The van der Waals surface area contributed by atoms with Gasteiger partial charge in [0.15, 0.2) is 0 Å². The van der Waals surface area contributed by atoms with E-state index in [0.717, 1.165) is 11.1 Å². The maximum absolute atomic E-state index is 5.81. The molecule has 7 nitrogen and oxygen atoms in total. The molecular weight excluding hydrogens is 442 g/mol. The first-order chi connectivity index (χ1) is 13.0. The maximum Gasteiger partial charge on any atom is 2.00 e. The van der Waals surface area contributed by atoms with Crippen LogP contribution in [0.5, 0.6) is 0 Å². The molecule has 2 rings (SSSR count). The second-order valence-electron chi connectivity index (χ2n) is 5.20. The number of anilines is 1. The average Bonchev–Trinajstić information content (AvgIpc) is 2.71. The molecular formula is C18H19CuN7S2. The summed E-state index contributed by atoms with van der Waals surface area (Å²) in [5.74, 6) is 0. The number of nitrogens with one attached hydrogen (secondary N) is 2. The Morgan fingerprint density at radius 1 is 0.714 bits per heavy atom. The van der Waals surface area contributed by atoms with E-state index >= 15 is 0 Å². The summed E-state index contributed by atoms with van der Waals surface area (Å²) in [4.78, 5) is 0. The van der Waals surface area contributed by atoms with Gasteiger partial charge in [-0.05, 0) is 22.5 Å². The molecule has 0 saturated heterocycles. The van der Waals surface area contributed by atoms with Crippen LogP contribution in [0.4, 0.5) is 5.69 Å². The molecule has 0 aliphatic heterocycles. The molecule has 0 aliphatic carbocycles. The standard InChI is InChI=1S/C18H21N7S2.Cu/c1-20-17(26)24-22-15(12-6-4-3-5-7-12)16(23-25-18(27)21-2)13-8-10-14(19)11-9-13;/h3-11H,19H2,1-2H3,(H2,20,24,26)(H2,21,25,27);/q;+2/p-2/b22-15+,23-16+;. The third-order valence-electron chi connectivity index (χ3n) is 3.37. The number of hydrogen-bond donors (Lipinski definition) is 3. The van der Waals surface area contributed by atoms with E-state index in [2.05, 4.69) is 31.0 Å². The van der Waals surface area contributed by atoms with E-state index < -0.39 is 0 Å². The Kier molecular flexibility index (Phi) is 10.1. The molecule has 1 radical (unpaired) electrons. The summed E-state index contributed by atoms with van der Waals surface area (Å²) in [7, 11) is 3.36. The van der Waals surface area contributed by atoms with Crippen LogP contribution < -0.4 is 16.4 Å². The van der Waals surface area contributed by atoms with Gasteiger partial charge in [0.2, 0.25) is 0 Å². The predicted molar refractivity (Wildman–Crippen MR) is 118 cm³/mol. The zero-order chi connectivity index (χ0) is 19.6. The van der Waals surface area contributed by atoms with Crippen molar-refractivity contribution >= 4 is 52.7 Å². The third kappa shape index (κ3) is 6.90. The first-order valence-electron chi connectivity index (χ1n) is 7.97. The minimum absolute atomic E-state index is 0. The molecule has 0 heterocycles. The fraction of sp³-hybridized carbons (Fsp3) is 0.111. The fourth-order valence-corrected chi connectivity index (χ4v) is 2.09. The van der Waals surface area contributed by atoms with Crippen LogP contribution in [0.2, 0.25) is 0 Å². The maximum atomic E-state index is 5.81. The first-order valence-corrected chi connectivity index (χ1v) is 8.79. The normalized spacial score (nSPS) is 12.9. The van der Waals surface area contributed by atoms with Crippen molar-refractivity contribution < 1.29 is 17.1 Å². The van der Waals surface area contributed by atoms with Crippen LogP contribution in [0, 0.1) is 0 Å². The molecule has 0 spiro atoms. The summed E-state index contributed by atoms with van der Waals surface area (Å²) in [6.45, 7) is 0. The van der Waals surface area contributed by atoms with Crippen LogP contribution in [0.15, 0.2) is 75.0 Å². The second-order valence-corrected chi connectivity index (χ2v) is 5.97. The minimum Gasteiger partial charge on any atom is -0.741 e. The molecule has 0 saturated carbocycles. The van der Waals surface area contributed by atoms with Gasteiger partial charge in [0.05, 0.1) is 0 Å². The smallest absolute Gasteiger partial charge is 0.741 e. The summed E-state index contributed by atoms with van der Waals surface area (Å²) in [6, 6.07) is 16.7. The Morgan fingerprint density at radius 3 is 1.57 bits per heavy atom. The van der Waals surface area contributed by atoms with Crippen LogP contribution >= 0.6 is 0 Å². The predicted octanol–water partition coefficient (Wildman–Crippen LogP) is 1.62. The zero-order valence-corrected chi connectivity index (χ0v) is 17.8. The van der Waals surface area contributed by atoms with Gasteiger partial charge in [0.1, 0.15) is 11.4 Å². The molecule has 10 heteroatoms. The van der Waals surface area contributed by atoms with Crippen molar-refractivity contribution in [2.24, 2.45) is 20.4 Å². The number of benzene rings is 2. The Hall–Kier alpha value is -2.52. The molecule has 0 atom stereocenters. The number of rotatable bonds is 5. The van der Waals surface area contributed by atoms with Gasteiger partial charge in [-0.15, -0.1) is 10.2 Å². The van der Waals surface area contributed by atoms with Crippen molar-refractivity contribution in [3.05, 3.63) is 65.7 Å². The third-order valence-corrected chi connectivity index (χ3v) is 3.94. The van der Waals surface area contributed by atoms with Crippen LogP contribution in [-0.4, -0.2) is 35.9 Å². The van der Waals surface area contributed by atoms with Crippen LogP contribution in [0.25, 0.3) is 0 Å². The Morgan fingerprint density at radius 2 is 1.14 bits per heavy atom. The van der Waals surface area contributed by atoms with Crippen molar-refractivity contribution in [1.82, 2.24) is 10.6 Å². The number of amidine groups is 2.